The van der Waals surface area contributed by atoms with Crippen LogP contribution in [-0.2, 0) is 6.42 Å². The quantitative estimate of drug-likeness (QED) is 0.696. The fourth-order valence-electron chi connectivity index (χ4n) is 2.78. The molecule has 0 bridgehead atoms. The molecule has 2 aromatic carbocycles. The number of nitrogens with one attached hydrogen (secondary N) is 2. The monoisotopic (exact) mass is 374 g/mol. The van der Waals surface area contributed by atoms with E-state index < -0.39 is 5.82 Å². The van der Waals surface area contributed by atoms with Crippen molar-refractivity contribution in [1.29, 1.82) is 0 Å². The average molecular weight is 375 g/mol. The minimum atomic E-state index is -0.600. The molecule has 3 rings (SSSR count). The van der Waals surface area contributed by atoms with Gasteiger partial charge in [-0.3, -0.25) is 9.89 Å². The van der Waals surface area contributed by atoms with Crippen molar-refractivity contribution < 1.29 is 9.18 Å². The summed E-state index contributed by atoms with van der Waals surface area (Å²) >= 11 is 5.66. The molecule has 5 nitrogen and oxygen atoms in total. The third kappa shape index (κ3) is 4.20. The number of aromatic nitrogens is 2. The molecule has 3 aromatic rings. The number of nitrogens with zero attached hydrogens (tertiary/aromatic N) is 2. The number of amides is 1. The predicted molar refractivity (Wildman–Crippen MR) is 101 cm³/mol. The zero-order valence-corrected chi connectivity index (χ0v) is 15.3. The number of carbonyl (C=O) groups excluding carboxylic acids is 1. The Balaban J connectivity index is 1.66. The number of carbonyl (C=O) groups is 1. The number of fused-ring (bicyclic) bond motifs is 1. The maximum atomic E-state index is 13.5. The van der Waals surface area contributed by atoms with E-state index in [1.54, 1.807) is 0 Å². The van der Waals surface area contributed by atoms with Gasteiger partial charge in [0, 0.05) is 29.7 Å². The second-order valence-electron chi connectivity index (χ2n) is 6.44. The number of H-pyrrole nitrogens is 1. The molecule has 0 aliphatic rings. The van der Waals surface area contributed by atoms with Crippen molar-refractivity contribution in [3.8, 4) is 0 Å². The van der Waals surface area contributed by atoms with Gasteiger partial charge < -0.3 is 10.2 Å². The lowest BCUT2D eigenvalue weighted by atomic mass is 10.0. The summed E-state index contributed by atoms with van der Waals surface area (Å²) in [7, 11) is 3.93. The van der Waals surface area contributed by atoms with Gasteiger partial charge in [0.2, 0.25) is 0 Å². The van der Waals surface area contributed by atoms with Gasteiger partial charge in [0.15, 0.2) is 0 Å². The molecular formula is C19H20ClFN4O. The summed E-state index contributed by atoms with van der Waals surface area (Å²) in [4.78, 5) is 14.3. The van der Waals surface area contributed by atoms with E-state index >= 15 is 0 Å². The summed E-state index contributed by atoms with van der Waals surface area (Å²) in [5.41, 5.74) is 2.34. The summed E-state index contributed by atoms with van der Waals surface area (Å²) in [6.45, 7) is 0.444. The first-order valence-corrected chi connectivity index (χ1v) is 8.64. The van der Waals surface area contributed by atoms with Crippen LogP contribution in [0.4, 0.5) is 4.39 Å². The normalized spacial score (nSPS) is 12.5. The summed E-state index contributed by atoms with van der Waals surface area (Å²) in [6, 6.07) is 10.2. The molecule has 2 N–H and O–H groups in total. The van der Waals surface area contributed by atoms with Crippen LogP contribution in [0.5, 0.6) is 0 Å². The van der Waals surface area contributed by atoms with Crippen molar-refractivity contribution >= 4 is 28.4 Å². The van der Waals surface area contributed by atoms with Gasteiger partial charge in [0.25, 0.3) is 5.91 Å². The van der Waals surface area contributed by atoms with Gasteiger partial charge in [0.05, 0.1) is 10.5 Å². The lowest BCUT2D eigenvalue weighted by molar-refractivity contribution is 0.0941. The van der Waals surface area contributed by atoms with Gasteiger partial charge in [-0.2, -0.15) is 5.10 Å². The van der Waals surface area contributed by atoms with Gasteiger partial charge in [-0.25, -0.2) is 4.39 Å². The number of aromatic amines is 1. The second kappa shape index (κ2) is 7.85. The molecule has 0 saturated heterocycles. The highest BCUT2D eigenvalue weighted by Crippen LogP contribution is 2.17. The number of halogens is 2. The first kappa shape index (κ1) is 18.4. The summed E-state index contributed by atoms with van der Waals surface area (Å²) in [5.74, 6) is -0.922. The van der Waals surface area contributed by atoms with E-state index in [-0.39, 0.29) is 22.5 Å². The Hall–Kier alpha value is -2.44. The molecule has 1 heterocycles. The third-order valence-corrected chi connectivity index (χ3v) is 4.69. The zero-order valence-electron chi connectivity index (χ0n) is 14.6. The molecule has 136 valence electrons. The molecule has 0 spiro atoms. The van der Waals surface area contributed by atoms with Crippen LogP contribution in [-0.4, -0.2) is 47.7 Å². The Bertz CT molecular complexity index is 925. The van der Waals surface area contributed by atoms with Crippen molar-refractivity contribution in [1.82, 2.24) is 20.4 Å². The molecule has 26 heavy (non-hydrogen) atoms. The largest absolute Gasteiger partial charge is 0.350 e. The van der Waals surface area contributed by atoms with E-state index in [1.165, 1.54) is 12.1 Å². The van der Waals surface area contributed by atoms with E-state index in [4.69, 9.17) is 11.6 Å². The number of hydrogen-bond acceptors (Lipinski definition) is 3. The molecular weight excluding hydrogens is 355 g/mol. The first-order chi connectivity index (χ1) is 12.4. The SMILES string of the molecule is CN(C)[C@H](CNC(=O)c1ccc(Cl)c(F)c1)Cc1ccc2n[nH]cc2c1. The average Bonchev–Trinajstić information content (AvgIpc) is 3.08. The highest BCUT2D eigenvalue weighted by atomic mass is 35.5. The highest BCUT2D eigenvalue weighted by molar-refractivity contribution is 6.30. The maximum Gasteiger partial charge on any atom is 0.251 e. The lowest BCUT2D eigenvalue weighted by Gasteiger charge is -2.25. The highest BCUT2D eigenvalue weighted by Gasteiger charge is 2.16. The number of rotatable bonds is 6. The summed E-state index contributed by atoms with van der Waals surface area (Å²) in [5, 5.41) is 10.9. The number of hydrogen-bond donors (Lipinski definition) is 2. The van der Waals surface area contributed by atoms with Gasteiger partial charge in [0.1, 0.15) is 5.82 Å². The molecule has 0 fully saturated rings. The van der Waals surface area contributed by atoms with Gasteiger partial charge in [-0.1, -0.05) is 17.7 Å². The lowest BCUT2D eigenvalue weighted by Crippen LogP contribution is -2.41. The van der Waals surface area contributed by atoms with Crippen molar-refractivity contribution in [3.63, 3.8) is 0 Å². The minimum absolute atomic E-state index is 0.00218. The fraction of sp³-hybridized carbons (Fsp3) is 0.263. The standard InChI is InChI=1S/C19H20ClFN4O/c1-25(2)15(8-12-3-6-18-14(7-12)10-23-24-18)11-22-19(26)13-4-5-16(20)17(21)9-13/h3-7,9-10,15H,8,11H2,1-2H3,(H,22,26)(H,23,24)/t15-/m0/s1. The third-order valence-electron chi connectivity index (χ3n) is 4.38. The Kier molecular flexibility index (Phi) is 5.54. The van der Waals surface area contributed by atoms with Crippen molar-refractivity contribution in [3.05, 3.63) is 64.6 Å². The van der Waals surface area contributed by atoms with Crippen molar-refractivity contribution in [2.45, 2.75) is 12.5 Å². The molecule has 0 saturated carbocycles. The van der Waals surface area contributed by atoms with Crippen molar-refractivity contribution in [2.75, 3.05) is 20.6 Å². The van der Waals surface area contributed by atoms with Crippen LogP contribution in [0.25, 0.3) is 10.9 Å². The van der Waals surface area contributed by atoms with Gasteiger partial charge in [-0.15, -0.1) is 0 Å². The molecule has 0 aliphatic carbocycles. The van der Waals surface area contributed by atoms with Crippen LogP contribution in [0.1, 0.15) is 15.9 Å². The van der Waals surface area contributed by atoms with Crippen LogP contribution in [0, 0.1) is 5.82 Å². The molecule has 7 heteroatoms. The Morgan fingerprint density at radius 3 is 2.85 bits per heavy atom. The Morgan fingerprint density at radius 1 is 1.31 bits per heavy atom. The smallest absolute Gasteiger partial charge is 0.251 e. The molecule has 0 aliphatic heterocycles. The molecule has 0 radical (unpaired) electrons. The Morgan fingerprint density at radius 2 is 2.12 bits per heavy atom. The van der Waals surface area contributed by atoms with Crippen LogP contribution in [0.15, 0.2) is 42.6 Å². The van der Waals surface area contributed by atoms with Crippen LogP contribution in [0.3, 0.4) is 0 Å². The van der Waals surface area contributed by atoms with Gasteiger partial charge >= 0.3 is 0 Å². The van der Waals surface area contributed by atoms with Crippen LogP contribution < -0.4 is 5.32 Å². The predicted octanol–water partition coefficient (Wildman–Crippen LogP) is 3.26. The summed E-state index contributed by atoms with van der Waals surface area (Å²) in [6.07, 6.45) is 2.63. The first-order valence-electron chi connectivity index (χ1n) is 8.26. The second-order valence-corrected chi connectivity index (χ2v) is 6.85. The summed E-state index contributed by atoms with van der Waals surface area (Å²) < 4.78 is 13.5. The maximum absolute atomic E-state index is 13.5. The van der Waals surface area contributed by atoms with E-state index in [1.807, 2.05) is 32.4 Å². The molecule has 1 amide bonds. The van der Waals surface area contributed by atoms with E-state index in [9.17, 15) is 9.18 Å². The molecule has 1 atom stereocenters. The topological polar surface area (TPSA) is 61.0 Å². The Labute approximate surface area is 156 Å². The van der Waals surface area contributed by atoms with Crippen LogP contribution >= 0.6 is 11.6 Å². The fourth-order valence-corrected chi connectivity index (χ4v) is 2.90. The number of likely N-dealkylation sites (N-methyl/N-ethyl adjacent to an activating group) is 1. The number of benzene rings is 2. The van der Waals surface area contributed by atoms with E-state index in [0.717, 1.165) is 29.0 Å². The van der Waals surface area contributed by atoms with Crippen LogP contribution in [0.2, 0.25) is 5.02 Å². The zero-order chi connectivity index (χ0) is 18.7. The van der Waals surface area contributed by atoms with E-state index in [2.05, 4.69) is 26.5 Å². The van der Waals surface area contributed by atoms with Crippen molar-refractivity contribution in [2.24, 2.45) is 0 Å². The minimum Gasteiger partial charge on any atom is -0.350 e. The molecule has 0 unspecified atom stereocenters. The van der Waals surface area contributed by atoms with E-state index in [0.29, 0.717) is 6.54 Å². The molecule has 1 aromatic heterocycles. The van der Waals surface area contributed by atoms with Gasteiger partial charge in [-0.05, 0) is 56.4 Å².